The van der Waals surface area contributed by atoms with Crippen molar-refractivity contribution in [3.63, 3.8) is 0 Å². The van der Waals surface area contributed by atoms with Crippen molar-refractivity contribution in [2.75, 3.05) is 0 Å². The molecular weight excluding hydrogens is 692 g/mol. The number of hydrogen-bond acceptors (Lipinski definition) is 8. The predicted molar refractivity (Wildman–Crippen MR) is 2.75 cm³/mol. The van der Waals surface area contributed by atoms with Gasteiger partial charge in [-0.1, -0.05) is 0 Å². The van der Waals surface area contributed by atoms with E-state index in [-0.39, 0.29) is 91.3 Å². The molecule has 0 saturated carbocycles. The third-order valence-corrected chi connectivity index (χ3v) is 0. The summed E-state index contributed by atoms with van der Waals surface area (Å²) in [5.41, 5.74) is 0. The summed E-state index contributed by atoms with van der Waals surface area (Å²) in [5, 5.41) is 0. The monoisotopic (exact) mass is 693 g/mol. The Morgan fingerprint density at radius 3 is 0.667 bits per heavy atom. The van der Waals surface area contributed by atoms with E-state index in [1.165, 1.54) is 0 Å². The molecule has 0 unspecified atom stereocenters. The minimum absolute atomic E-state index is 0. The van der Waals surface area contributed by atoms with E-state index in [2.05, 4.69) is 0 Å². The van der Waals surface area contributed by atoms with E-state index in [4.69, 9.17) is 28.6 Å². The molecule has 0 bridgehead atoms. The van der Waals surface area contributed by atoms with Gasteiger partial charge in [-0.25, -0.2) is 0 Å². The second-order valence-electron chi connectivity index (χ2n) is 0.816. The zero-order valence-corrected chi connectivity index (χ0v) is 16.7. The van der Waals surface area contributed by atoms with Crippen LogP contribution in [0.3, 0.4) is 0 Å². The van der Waals surface area contributed by atoms with Crippen molar-refractivity contribution in [2.45, 2.75) is 0 Å². The minimum atomic E-state index is -6.17. The summed E-state index contributed by atoms with van der Waals surface area (Å²) in [5.74, 6) is 0. The summed E-state index contributed by atoms with van der Waals surface area (Å²) >= 11 is -12.3. The summed E-state index contributed by atoms with van der Waals surface area (Å²) in [4.78, 5) is 0. The van der Waals surface area contributed by atoms with Crippen LogP contribution < -0.4 is 66.4 Å². The standard InChI is InChI=1S/Gd.K.8O.2W/q+3;+1;;;;;4*-1;;. The van der Waals surface area contributed by atoms with Crippen LogP contribution in [0.15, 0.2) is 0 Å². The first-order valence-corrected chi connectivity index (χ1v) is 10.9. The van der Waals surface area contributed by atoms with Crippen LogP contribution in [0.1, 0.15) is 0 Å². The molecule has 0 saturated heterocycles. The van der Waals surface area contributed by atoms with Gasteiger partial charge in [0.15, 0.2) is 0 Å². The SMILES string of the molecule is [Gd+3].[K+].[O]=[W](=[O])([O-])[O-].[O]=[W](=[O])([O-])[O-]. The molecule has 0 aromatic carbocycles. The Morgan fingerprint density at radius 1 is 0.667 bits per heavy atom. The van der Waals surface area contributed by atoms with Gasteiger partial charge in [0.2, 0.25) is 0 Å². The van der Waals surface area contributed by atoms with Gasteiger partial charge in [0.25, 0.3) is 0 Å². The van der Waals surface area contributed by atoms with Crippen LogP contribution >= 0.6 is 0 Å². The van der Waals surface area contributed by atoms with Crippen LogP contribution in [0.4, 0.5) is 0 Å². The van der Waals surface area contributed by atoms with E-state index in [0.717, 1.165) is 0 Å². The fourth-order valence-corrected chi connectivity index (χ4v) is 0. The van der Waals surface area contributed by atoms with Crippen molar-refractivity contribution in [1.82, 2.24) is 0 Å². The van der Waals surface area contributed by atoms with Gasteiger partial charge in [-0.2, -0.15) is 0 Å². The van der Waals surface area contributed by atoms with Gasteiger partial charge in [0, 0.05) is 0 Å². The molecular formula is GdKO8W2. The van der Waals surface area contributed by atoms with Crippen molar-refractivity contribution in [1.29, 1.82) is 0 Å². The average Bonchev–Trinajstić information content (AvgIpc) is 1.12. The third kappa shape index (κ3) is 180. The van der Waals surface area contributed by atoms with Gasteiger partial charge in [0.1, 0.15) is 0 Å². The molecule has 0 rings (SSSR count). The first-order chi connectivity index (χ1) is 4.00. The van der Waals surface area contributed by atoms with Crippen LogP contribution in [0.2, 0.25) is 0 Å². The van der Waals surface area contributed by atoms with Crippen molar-refractivity contribution in [3.8, 4) is 0 Å². The molecule has 0 heterocycles. The molecule has 0 amide bonds. The Labute approximate surface area is 149 Å². The second-order valence-corrected chi connectivity index (χ2v) is 6.68. The van der Waals surface area contributed by atoms with Gasteiger partial charge < -0.3 is 0 Å². The predicted octanol–water partition coefficient (Wildman–Crippen LogP) is -8.23. The molecule has 12 heavy (non-hydrogen) atoms. The van der Waals surface area contributed by atoms with Crippen molar-refractivity contribution in [3.05, 3.63) is 0 Å². The van der Waals surface area contributed by atoms with E-state index in [1.54, 1.807) is 0 Å². The van der Waals surface area contributed by atoms with Crippen molar-refractivity contribution < 1.29 is 153 Å². The molecule has 0 aliphatic carbocycles. The molecule has 0 N–H and O–H groups in total. The first kappa shape index (κ1) is 24.6. The second kappa shape index (κ2) is 10.9. The van der Waals surface area contributed by atoms with E-state index in [9.17, 15) is 0 Å². The van der Waals surface area contributed by atoms with E-state index >= 15 is 0 Å². The van der Waals surface area contributed by atoms with Crippen LogP contribution in [0.5, 0.6) is 0 Å². The Morgan fingerprint density at radius 2 is 0.667 bits per heavy atom. The summed E-state index contributed by atoms with van der Waals surface area (Å²) in [6, 6.07) is 0. The topological polar surface area (TPSA) is 161 Å². The molecule has 0 atom stereocenters. The molecule has 0 aliphatic heterocycles. The third-order valence-electron chi connectivity index (χ3n) is 0. The summed E-state index contributed by atoms with van der Waals surface area (Å²) in [6.07, 6.45) is 0. The van der Waals surface area contributed by atoms with E-state index in [1.807, 2.05) is 0 Å². The molecule has 69 valence electrons. The Balaban J connectivity index is -0.0000000457. The number of rotatable bonds is 0. The molecule has 1 radical (unpaired) electrons. The average molecular weight is 692 g/mol. The van der Waals surface area contributed by atoms with Crippen molar-refractivity contribution >= 4 is 0 Å². The fourth-order valence-electron chi connectivity index (χ4n) is 0. The fraction of sp³-hybridized carbons (Fsp3) is 0. The quantitative estimate of drug-likeness (QED) is 0.227. The molecule has 0 aliphatic rings. The Kier molecular flexibility index (Phi) is 22.3. The first-order valence-electron chi connectivity index (χ1n) is 1.33. The molecule has 12 heteroatoms. The van der Waals surface area contributed by atoms with Gasteiger partial charge in [-0.3, -0.25) is 0 Å². The van der Waals surface area contributed by atoms with Crippen LogP contribution in [-0.2, 0) is 47.1 Å². The van der Waals surface area contributed by atoms with Gasteiger partial charge in [-0.15, -0.1) is 0 Å². The summed E-state index contributed by atoms with van der Waals surface area (Å²) in [6.45, 7) is 0. The molecule has 0 fully saturated rings. The summed E-state index contributed by atoms with van der Waals surface area (Å²) in [7, 11) is 0. The van der Waals surface area contributed by atoms with Crippen molar-refractivity contribution in [2.24, 2.45) is 0 Å². The number of hydrogen-bond donors (Lipinski definition) is 0. The summed E-state index contributed by atoms with van der Waals surface area (Å²) < 4.78 is 69.2. The maximum absolute atomic E-state index is 8.65. The van der Waals surface area contributed by atoms with E-state index < -0.39 is 33.5 Å². The van der Waals surface area contributed by atoms with Gasteiger partial charge >= 0.3 is 153 Å². The van der Waals surface area contributed by atoms with Crippen LogP contribution in [0.25, 0.3) is 0 Å². The maximum atomic E-state index is 8.65. The van der Waals surface area contributed by atoms with Gasteiger partial charge in [-0.05, 0) is 0 Å². The van der Waals surface area contributed by atoms with Gasteiger partial charge in [0.05, 0.1) is 0 Å². The van der Waals surface area contributed by atoms with Crippen LogP contribution in [0, 0.1) is 39.9 Å². The van der Waals surface area contributed by atoms with E-state index in [0.29, 0.717) is 0 Å². The normalized spacial score (nSPS) is 9.67. The molecule has 0 aromatic heterocycles. The molecule has 0 aromatic rings. The Hall–Kier alpha value is 3.38. The molecule has 8 nitrogen and oxygen atoms in total. The van der Waals surface area contributed by atoms with Crippen LogP contribution in [-0.4, -0.2) is 0 Å². The Bertz CT molecular complexity index is 213. The molecule has 0 spiro atoms. The zero-order valence-electron chi connectivity index (χ0n) is 5.44. The zero-order chi connectivity index (χ0) is 9.00.